The van der Waals surface area contributed by atoms with E-state index < -0.39 is 0 Å². The third kappa shape index (κ3) is 2.35. The van der Waals surface area contributed by atoms with E-state index in [0.29, 0.717) is 0 Å². The Kier molecular flexibility index (Phi) is 3.01. The van der Waals surface area contributed by atoms with E-state index in [1.807, 2.05) is 34.6 Å². The zero-order valence-electron chi connectivity index (χ0n) is 10.6. The number of nitrogens with one attached hydrogen (secondary N) is 2. The summed E-state index contributed by atoms with van der Waals surface area (Å²) in [5.74, 6) is 1.58. The second-order valence-corrected chi connectivity index (χ2v) is 4.11. The molecule has 0 saturated carbocycles. The molecule has 0 aliphatic rings. The quantitative estimate of drug-likeness (QED) is 0.715. The molecule has 0 bridgehead atoms. The molecule has 0 radical (unpaired) electrons. The van der Waals surface area contributed by atoms with Crippen molar-refractivity contribution in [3.05, 3.63) is 37.3 Å². The molecule has 0 atom stereocenters. The molecule has 0 unspecified atom stereocenters. The van der Waals surface area contributed by atoms with Crippen molar-refractivity contribution in [1.29, 1.82) is 0 Å². The van der Waals surface area contributed by atoms with E-state index in [0.717, 1.165) is 30.4 Å². The van der Waals surface area contributed by atoms with Crippen LogP contribution in [0.5, 0.6) is 0 Å². The zero-order valence-corrected chi connectivity index (χ0v) is 10.6. The summed E-state index contributed by atoms with van der Waals surface area (Å²) < 4.78 is 3.95. The molecular weight excluding hydrogens is 242 g/mol. The number of hydrogen-bond acceptors (Lipinski definition) is 5. The van der Waals surface area contributed by atoms with E-state index in [4.69, 9.17) is 0 Å². The Labute approximate surface area is 110 Å². The summed E-state index contributed by atoms with van der Waals surface area (Å²) in [6.07, 6.45) is 11.1. The molecule has 3 rings (SSSR count). The van der Waals surface area contributed by atoms with Gasteiger partial charge in [-0.05, 0) is 0 Å². The molecule has 98 valence electrons. The minimum absolute atomic E-state index is 0.763. The number of aromatic nitrogens is 5. The van der Waals surface area contributed by atoms with Gasteiger partial charge in [-0.25, -0.2) is 15.0 Å². The lowest BCUT2D eigenvalue weighted by Gasteiger charge is -2.09. The molecule has 19 heavy (non-hydrogen) atoms. The first-order chi connectivity index (χ1) is 9.36. The summed E-state index contributed by atoms with van der Waals surface area (Å²) in [4.78, 5) is 12.8. The summed E-state index contributed by atoms with van der Waals surface area (Å²) in [6, 6.07) is 0. The van der Waals surface area contributed by atoms with Gasteiger partial charge in [-0.1, -0.05) is 0 Å². The van der Waals surface area contributed by atoms with Crippen LogP contribution in [0.15, 0.2) is 37.3 Å². The summed E-state index contributed by atoms with van der Waals surface area (Å²) >= 11 is 0. The topological polar surface area (TPSA) is 72.1 Å². The van der Waals surface area contributed by atoms with E-state index in [-0.39, 0.29) is 0 Å². The predicted molar refractivity (Wildman–Crippen MR) is 73.3 cm³/mol. The van der Waals surface area contributed by atoms with Crippen molar-refractivity contribution in [2.45, 2.75) is 6.54 Å². The fraction of sp³-hybridized carbons (Fsp3) is 0.250. The highest BCUT2D eigenvalue weighted by Crippen LogP contribution is 2.15. The monoisotopic (exact) mass is 257 g/mol. The largest absolute Gasteiger partial charge is 0.372 e. The summed E-state index contributed by atoms with van der Waals surface area (Å²) in [7, 11) is 1.85. The lowest BCUT2D eigenvalue weighted by atomic mass is 10.5. The van der Waals surface area contributed by atoms with Crippen LogP contribution in [0.3, 0.4) is 0 Å². The van der Waals surface area contributed by atoms with Crippen LogP contribution in [-0.4, -0.2) is 37.5 Å². The minimum Gasteiger partial charge on any atom is -0.372 e. The average Bonchev–Trinajstić information content (AvgIpc) is 3.08. The van der Waals surface area contributed by atoms with Crippen molar-refractivity contribution in [3.8, 4) is 0 Å². The Morgan fingerprint density at radius 2 is 2.21 bits per heavy atom. The highest BCUT2D eigenvalue weighted by Gasteiger charge is 2.06. The summed E-state index contributed by atoms with van der Waals surface area (Å²) in [6.45, 7) is 1.59. The van der Waals surface area contributed by atoms with Gasteiger partial charge in [-0.2, -0.15) is 0 Å². The molecule has 0 amide bonds. The van der Waals surface area contributed by atoms with Crippen LogP contribution in [0.4, 0.5) is 11.6 Å². The standard InChI is InChI=1S/C12H15N7/c1-13-10-8-19-7-4-16-12(19)11(17-10)15-3-6-18-5-2-14-9-18/h2,4-5,7-9,13H,3,6H2,1H3,(H,15,17). The summed E-state index contributed by atoms with van der Waals surface area (Å²) in [5, 5.41) is 6.34. The van der Waals surface area contributed by atoms with Crippen molar-refractivity contribution in [2.75, 3.05) is 24.2 Å². The SMILES string of the molecule is CNc1cn2ccnc2c(NCCn2ccnc2)n1. The van der Waals surface area contributed by atoms with Gasteiger partial charge in [0.1, 0.15) is 5.82 Å². The van der Waals surface area contributed by atoms with Crippen LogP contribution in [-0.2, 0) is 6.54 Å². The Morgan fingerprint density at radius 1 is 1.26 bits per heavy atom. The maximum absolute atomic E-state index is 4.48. The molecule has 0 spiro atoms. The Morgan fingerprint density at radius 3 is 3.00 bits per heavy atom. The predicted octanol–water partition coefficient (Wildman–Crippen LogP) is 1.08. The second-order valence-electron chi connectivity index (χ2n) is 4.11. The molecule has 3 heterocycles. The second kappa shape index (κ2) is 4.97. The highest BCUT2D eigenvalue weighted by atomic mass is 15.1. The van der Waals surface area contributed by atoms with E-state index in [1.54, 1.807) is 18.7 Å². The van der Waals surface area contributed by atoms with Crippen molar-refractivity contribution < 1.29 is 0 Å². The molecule has 0 saturated heterocycles. The van der Waals surface area contributed by atoms with Crippen LogP contribution in [0.1, 0.15) is 0 Å². The van der Waals surface area contributed by atoms with Crippen LogP contribution in [0.2, 0.25) is 0 Å². The first-order valence-corrected chi connectivity index (χ1v) is 6.08. The number of rotatable bonds is 5. The highest BCUT2D eigenvalue weighted by molar-refractivity contribution is 5.65. The van der Waals surface area contributed by atoms with Crippen LogP contribution in [0, 0.1) is 0 Å². The number of fused-ring (bicyclic) bond motifs is 1. The lowest BCUT2D eigenvalue weighted by molar-refractivity contribution is 0.725. The molecule has 3 aromatic heterocycles. The van der Waals surface area contributed by atoms with Gasteiger partial charge in [-0.15, -0.1) is 0 Å². The third-order valence-electron chi connectivity index (χ3n) is 2.85. The summed E-state index contributed by atoms with van der Waals surface area (Å²) in [5.41, 5.74) is 0.824. The van der Waals surface area contributed by atoms with Gasteiger partial charge in [0.25, 0.3) is 0 Å². The number of hydrogen-bond donors (Lipinski definition) is 2. The van der Waals surface area contributed by atoms with Crippen molar-refractivity contribution >= 4 is 17.3 Å². The fourth-order valence-corrected chi connectivity index (χ4v) is 1.89. The minimum atomic E-state index is 0.763. The molecule has 0 fully saturated rings. The van der Waals surface area contributed by atoms with Crippen molar-refractivity contribution in [3.63, 3.8) is 0 Å². The molecular formula is C12H15N7. The lowest BCUT2D eigenvalue weighted by Crippen LogP contribution is -2.12. The van der Waals surface area contributed by atoms with Gasteiger partial charge in [0, 0.05) is 44.9 Å². The van der Waals surface area contributed by atoms with Crippen LogP contribution in [0.25, 0.3) is 5.65 Å². The smallest absolute Gasteiger partial charge is 0.180 e. The van der Waals surface area contributed by atoms with E-state index in [1.165, 1.54) is 0 Å². The maximum atomic E-state index is 4.48. The number of imidazole rings is 2. The van der Waals surface area contributed by atoms with Crippen LogP contribution < -0.4 is 10.6 Å². The van der Waals surface area contributed by atoms with Gasteiger partial charge >= 0.3 is 0 Å². The van der Waals surface area contributed by atoms with Gasteiger partial charge in [-0.3, -0.25) is 0 Å². The molecule has 7 heteroatoms. The third-order valence-corrected chi connectivity index (χ3v) is 2.85. The molecule has 2 N–H and O–H groups in total. The Balaban J connectivity index is 1.77. The first-order valence-electron chi connectivity index (χ1n) is 6.08. The van der Waals surface area contributed by atoms with Gasteiger partial charge in [0.05, 0.1) is 12.5 Å². The number of nitrogens with zero attached hydrogens (tertiary/aromatic N) is 5. The van der Waals surface area contributed by atoms with Gasteiger partial charge in [0.15, 0.2) is 11.5 Å². The Hall–Kier alpha value is -2.57. The van der Waals surface area contributed by atoms with E-state index in [9.17, 15) is 0 Å². The maximum Gasteiger partial charge on any atom is 0.180 e. The molecule has 0 aliphatic heterocycles. The van der Waals surface area contributed by atoms with E-state index >= 15 is 0 Å². The molecule has 0 aromatic carbocycles. The van der Waals surface area contributed by atoms with Gasteiger partial charge in [0.2, 0.25) is 0 Å². The average molecular weight is 257 g/mol. The van der Waals surface area contributed by atoms with Crippen LogP contribution >= 0.6 is 0 Å². The molecule has 7 nitrogen and oxygen atoms in total. The van der Waals surface area contributed by atoms with Crippen molar-refractivity contribution in [1.82, 2.24) is 23.9 Å². The van der Waals surface area contributed by atoms with Gasteiger partial charge < -0.3 is 19.6 Å². The fourth-order valence-electron chi connectivity index (χ4n) is 1.89. The number of anilines is 2. The molecule has 0 aliphatic carbocycles. The zero-order chi connectivity index (χ0) is 13.1. The normalized spacial score (nSPS) is 10.8. The van der Waals surface area contributed by atoms with Crippen molar-refractivity contribution in [2.24, 2.45) is 0 Å². The van der Waals surface area contributed by atoms with E-state index in [2.05, 4.69) is 25.6 Å². The Bertz CT molecular complexity index is 656. The molecule has 3 aromatic rings. The first kappa shape index (κ1) is 11.5.